The van der Waals surface area contributed by atoms with E-state index in [4.69, 9.17) is 0 Å². The van der Waals surface area contributed by atoms with Gasteiger partial charge in [0.15, 0.2) is 15.6 Å². The number of sulfone groups is 1. The maximum Gasteiger partial charge on any atom is 0.270 e. The lowest BCUT2D eigenvalue weighted by atomic mass is 9.93. The van der Waals surface area contributed by atoms with Crippen molar-refractivity contribution in [3.8, 4) is 0 Å². The fourth-order valence-corrected chi connectivity index (χ4v) is 5.19. The normalized spacial score (nSPS) is 23.4. The van der Waals surface area contributed by atoms with Crippen LogP contribution in [-0.2, 0) is 16.3 Å². The smallest absolute Gasteiger partial charge is 0.270 e. The van der Waals surface area contributed by atoms with Gasteiger partial charge in [-0.3, -0.25) is 9.59 Å². The molecule has 1 fully saturated rings. The van der Waals surface area contributed by atoms with Crippen LogP contribution in [0.1, 0.15) is 51.4 Å². The number of nitrogens with one attached hydrogen (secondary N) is 1. The molecule has 1 saturated heterocycles. The second-order valence-corrected chi connectivity index (χ2v) is 8.46. The van der Waals surface area contributed by atoms with Gasteiger partial charge in [0.1, 0.15) is 5.69 Å². The average Bonchev–Trinajstić information content (AvgIpc) is 2.98. The lowest BCUT2D eigenvalue weighted by Gasteiger charge is -2.23. The molecule has 2 aliphatic rings. The summed E-state index contributed by atoms with van der Waals surface area (Å²) < 4.78 is 23.2. The number of hydrogen-bond acceptors (Lipinski definition) is 4. The molecule has 2 heterocycles. The van der Waals surface area contributed by atoms with Gasteiger partial charge in [-0.05, 0) is 31.7 Å². The van der Waals surface area contributed by atoms with E-state index in [2.05, 4.69) is 4.98 Å². The van der Waals surface area contributed by atoms with Gasteiger partial charge in [-0.2, -0.15) is 0 Å². The monoisotopic (exact) mass is 324 g/mol. The summed E-state index contributed by atoms with van der Waals surface area (Å²) in [4.78, 5) is 29.3. The number of carbonyl (C=O) groups is 2. The van der Waals surface area contributed by atoms with Crippen LogP contribution in [0.4, 0.5) is 0 Å². The maximum absolute atomic E-state index is 12.7. The molecule has 120 valence electrons. The first-order valence-electron chi connectivity index (χ1n) is 7.52. The zero-order chi connectivity index (χ0) is 16.1. The van der Waals surface area contributed by atoms with Crippen molar-refractivity contribution in [3.05, 3.63) is 22.5 Å². The van der Waals surface area contributed by atoms with Crippen molar-refractivity contribution in [2.75, 3.05) is 18.6 Å². The molecule has 6 nitrogen and oxygen atoms in total. The van der Waals surface area contributed by atoms with E-state index in [1.165, 1.54) is 4.90 Å². The molecule has 1 aliphatic carbocycles. The summed E-state index contributed by atoms with van der Waals surface area (Å²) in [6.45, 7) is 1.78. The molecule has 1 aromatic heterocycles. The van der Waals surface area contributed by atoms with Gasteiger partial charge in [0.05, 0.1) is 11.5 Å². The second kappa shape index (κ2) is 5.22. The van der Waals surface area contributed by atoms with E-state index in [1.807, 2.05) is 0 Å². The van der Waals surface area contributed by atoms with Gasteiger partial charge in [-0.15, -0.1) is 0 Å². The predicted octanol–water partition coefficient (Wildman–Crippen LogP) is 1.10. The minimum absolute atomic E-state index is 0.0215. The minimum atomic E-state index is -3.04. The third-order valence-electron chi connectivity index (χ3n) is 4.73. The van der Waals surface area contributed by atoms with Gasteiger partial charge >= 0.3 is 0 Å². The van der Waals surface area contributed by atoms with Crippen molar-refractivity contribution in [2.45, 2.75) is 38.6 Å². The first-order valence-corrected chi connectivity index (χ1v) is 9.34. The molecule has 22 heavy (non-hydrogen) atoms. The average molecular weight is 324 g/mol. The number of Topliss-reactive ketones (excluding diaryl/α,β-unsaturated/α-hetero) is 1. The number of aromatic nitrogens is 1. The Balaban J connectivity index is 1.88. The van der Waals surface area contributed by atoms with Crippen molar-refractivity contribution >= 4 is 21.5 Å². The summed E-state index contributed by atoms with van der Waals surface area (Å²) >= 11 is 0. The number of aromatic amines is 1. The first-order chi connectivity index (χ1) is 10.3. The van der Waals surface area contributed by atoms with Gasteiger partial charge < -0.3 is 9.88 Å². The van der Waals surface area contributed by atoms with E-state index in [1.54, 1.807) is 14.0 Å². The fourth-order valence-electron chi connectivity index (χ4n) is 3.41. The highest BCUT2D eigenvalue weighted by Crippen LogP contribution is 2.28. The van der Waals surface area contributed by atoms with E-state index >= 15 is 0 Å². The number of H-pyrrole nitrogens is 1. The molecule has 7 heteroatoms. The van der Waals surface area contributed by atoms with E-state index in [0.29, 0.717) is 29.7 Å². The number of amides is 1. The first kappa shape index (κ1) is 15.3. The number of aryl methyl sites for hydroxylation is 1. The van der Waals surface area contributed by atoms with Crippen LogP contribution in [0.15, 0.2) is 0 Å². The number of fused-ring (bicyclic) bond motifs is 1. The molecule has 3 rings (SSSR count). The van der Waals surface area contributed by atoms with Crippen molar-refractivity contribution in [1.82, 2.24) is 9.88 Å². The van der Waals surface area contributed by atoms with Crippen molar-refractivity contribution < 1.29 is 18.0 Å². The van der Waals surface area contributed by atoms with Crippen LogP contribution >= 0.6 is 0 Å². The molecular formula is C15H20N2O4S. The van der Waals surface area contributed by atoms with Gasteiger partial charge in [-0.25, -0.2) is 8.42 Å². The molecule has 1 amide bonds. The molecule has 0 aromatic carbocycles. The number of rotatable bonds is 2. The molecule has 1 N–H and O–H groups in total. The Labute approximate surface area is 129 Å². The summed E-state index contributed by atoms with van der Waals surface area (Å²) in [5, 5.41) is 0. The summed E-state index contributed by atoms with van der Waals surface area (Å²) in [6, 6.07) is -0.284. The van der Waals surface area contributed by atoms with Crippen molar-refractivity contribution in [1.29, 1.82) is 0 Å². The van der Waals surface area contributed by atoms with E-state index in [-0.39, 0.29) is 29.2 Å². The summed E-state index contributed by atoms with van der Waals surface area (Å²) in [7, 11) is -1.40. The Bertz CT molecular complexity index is 748. The molecule has 0 radical (unpaired) electrons. The maximum atomic E-state index is 12.7. The molecule has 0 spiro atoms. The molecule has 1 aliphatic heterocycles. The largest absolute Gasteiger partial charge is 0.354 e. The van der Waals surface area contributed by atoms with E-state index in [9.17, 15) is 18.0 Å². The number of hydrogen-bond donors (Lipinski definition) is 1. The highest BCUT2D eigenvalue weighted by molar-refractivity contribution is 7.91. The Morgan fingerprint density at radius 2 is 2.05 bits per heavy atom. The SMILES string of the molecule is Cc1c(C(=O)N(C)[C@@H]2CCS(=O)(=O)C2)[nH]c2c1C(=O)CCC2. The topological polar surface area (TPSA) is 87.3 Å². The minimum Gasteiger partial charge on any atom is -0.354 e. The summed E-state index contributed by atoms with van der Waals surface area (Å²) in [5.41, 5.74) is 2.61. The summed E-state index contributed by atoms with van der Waals surface area (Å²) in [6.07, 6.45) is 2.58. The Kier molecular flexibility index (Phi) is 3.63. The molecule has 0 saturated carbocycles. The van der Waals surface area contributed by atoms with Crippen LogP contribution in [-0.4, -0.2) is 54.6 Å². The highest BCUT2D eigenvalue weighted by Gasteiger charge is 2.35. The van der Waals surface area contributed by atoms with Crippen LogP contribution in [0.3, 0.4) is 0 Å². The van der Waals surface area contributed by atoms with Gasteiger partial charge in [0.25, 0.3) is 5.91 Å². The zero-order valence-corrected chi connectivity index (χ0v) is 13.6. The van der Waals surface area contributed by atoms with E-state index < -0.39 is 9.84 Å². The Morgan fingerprint density at radius 3 is 2.64 bits per heavy atom. The number of nitrogens with zero attached hydrogens (tertiary/aromatic N) is 1. The molecular weight excluding hydrogens is 304 g/mol. The second-order valence-electron chi connectivity index (χ2n) is 6.23. The number of carbonyl (C=O) groups excluding carboxylic acids is 2. The number of ketones is 1. The van der Waals surface area contributed by atoms with E-state index in [0.717, 1.165) is 18.5 Å². The van der Waals surface area contributed by atoms with Gasteiger partial charge in [0, 0.05) is 30.8 Å². The quantitative estimate of drug-likeness (QED) is 0.882. The standard InChI is InChI=1S/C15H20N2O4S/c1-9-13-11(4-3-5-12(13)18)16-14(9)15(19)17(2)10-6-7-22(20,21)8-10/h10,16H,3-8H2,1-2H3/t10-/m1/s1. The molecule has 0 bridgehead atoms. The molecule has 0 unspecified atom stereocenters. The van der Waals surface area contributed by atoms with Gasteiger partial charge in [-0.1, -0.05) is 0 Å². The van der Waals surface area contributed by atoms with Crippen molar-refractivity contribution in [3.63, 3.8) is 0 Å². The molecule has 1 aromatic rings. The third-order valence-corrected chi connectivity index (χ3v) is 6.48. The van der Waals surface area contributed by atoms with Gasteiger partial charge in [0.2, 0.25) is 0 Å². The lowest BCUT2D eigenvalue weighted by molar-refractivity contribution is 0.0741. The predicted molar refractivity (Wildman–Crippen MR) is 82.0 cm³/mol. The lowest BCUT2D eigenvalue weighted by Crippen LogP contribution is -2.38. The third kappa shape index (κ3) is 2.47. The van der Waals surface area contributed by atoms with Crippen molar-refractivity contribution in [2.24, 2.45) is 0 Å². The summed E-state index contributed by atoms with van der Waals surface area (Å²) in [5.74, 6) is 0.00341. The Morgan fingerprint density at radius 1 is 1.32 bits per heavy atom. The van der Waals surface area contributed by atoms with Crippen LogP contribution < -0.4 is 0 Å². The Hall–Kier alpha value is -1.63. The van der Waals surface area contributed by atoms with Crippen LogP contribution in [0, 0.1) is 6.92 Å². The highest BCUT2D eigenvalue weighted by atomic mass is 32.2. The van der Waals surface area contributed by atoms with Crippen LogP contribution in [0.5, 0.6) is 0 Å². The zero-order valence-electron chi connectivity index (χ0n) is 12.8. The van der Waals surface area contributed by atoms with Crippen LogP contribution in [0.25, 0.3) is 0 Å². The fraction of sp³-hybridized carbons (Fsp3) is 0.600. The molecule has 1 atom stereocenters. The van der Waals surface area contributed by atoms with Crippen LogP contribution in [0.2, 0.25) is 0 Å².